The van der Waals surface area contributed by atoms with Crippen molar-refractivity contribution < 1.29 is 24.2 Å². The largest absolute Gasteiger partial charge is 0.507 e. The minimum absolute atomic E-state index is 0.104. The molecule has 1 saturated heterocycles. The number of carbonyl (C=O) groups is 3. The number of carbonyl (C=O) groups excluding carboxylic acids is 3. The second-order valence-electron chi connectivity index (χ2n) is 6.51. The number of phenolic OH excluding ortho intramolecular Hbond substituents is 1. The van der Waals surface area contributed by atoms with Gasteiger partial charge in [0.1, 0.15) is 24.4 Å². The number of benzene rings is 2. The van der Waals surface area contributed by atoms with Crippen molar-refractivity contribution in [3.8, 4) is 11.5 Å². The summed E-state index contributed by atoms with van der Waals surface area (Å²) in [6.07, 6.45) is 4.00. The van der Waals surface area contributed by atoms with E-state index in [0.29, 0.717) is 29.7 Å². The van der Waals surface area contributed by atoms with Crippen LogP contribution < -0.4 is 4.74 Å². The molecule has 3 rings (SSSR count). The van der Waals surface area contributed by atoms with Gasteiger partial charge in [-0.15, -0.1) is 0 Å². The first-order valence-corrected chi connectivity index (χ1v) is 8.90. The molecule has 140 valence electrons. The van der Waals surface area contributed by atoms with E-state index in [4.69, 9.17) is 4.74 Å². The fraction of sp³-hybridized carbons (Fsp3) is 0.286. The summed E-state index contributed by atoms with van der Waals surface area (Å²) in [5.41, 5.74) is 1.16. The fourth-order valence-corrected chi connectivity index (χ4v) is 3.27. The lowest BCUT2D eigenvalue weighted by Crippen LogP contribution is -2.46. The van der Waals surface area contributed by atoms with Gasteiger partial charge in [-0.3, -0.25) is 14.4 Å². The Morgan fingerprint density at radius 1 is 1.11 bits per heavy atom. The van der Waals surface area contributed by atoms with Crippen LogP contribution in [0.5, 0.6) is 11.5 Å². The van der Waals surface area contributed by atoms with Crippen LogP contribution >= 0.6 is 0 Å². The third kappa shape index (κ3) is 4.16. The van der Waals surface area contributed by atoms with Gasteiger partial charge < -0.3 is 14.7 Å². The first kappa shape index (κ1) is 18.6. The van der Waals surface area contributed by atoms with Crippen molar-refractivity contribution in [2.24, 2.45) is 0 Å². The number of amides is 1. The average molecular weight is 367 g/mol. The van der Waals surface area contributed by atoms with Crippen molar-refractivity contribution in [1.82, 2.24) is 4.90 Å². The number of likely N-dealkylation sites (tertiary alicyclic amines) is 1. The van der Waals surface area contributed by atoms with E-state index in [1.165, 1.54) is 6.07 Å². The Kier molecular flexibility index (Phi) is 5.86. The predicted octanol–water partition coefficient (Wildman–Crippen LogP) is 3.09. The Bertz CT molecular complexity index is 831. The summed E-state index contributed by atoms with van der Waals surface area (Å²) < 4.78 is 5.77. The van der Waals surface area contributed by atoms with E-state index in [9.17, 15) is 19.5 Å². The van der Waals surface area contributed by atoms with Crippen LogP contribution in [0, 0.1) is 0 Å². The molecule has 0 bridgehead atoms. The van der Waals surface area contributed by atoms with Gasteiger partial charge in [0.05, 0.1) is 11.6 Å². The molecule has 2 aromatic rings. The Morgan fingerprint density at radius 2 is 1.89 bits per heavy atom. The molecule has 0 spiro atoms. The van der Waals surface area contributed by atoms with Crippen LogP contribution in [-0.4, -0.2) is 47.7 Å². The minimum Gasteiger partial charge on any atom is -0.507 e. The molecule has 6 nitrogen and oxygen atoms in total. The van der Waals surface area contributed by atoms with E-state index in [1.807, 2.05) is 0 Å². The number of phenols is 1. The highest BCUT2D eigenvalue weighted by Crippen LogP contribution is 2.27. The second-order valence-corrected chi connectivity index (χ2v) is 6.51. The van der Waals surface area contributed by atoms with Crippen molar-refractivity contribution in [2.45, 2.75) is 25.3 Å². The van der Waals surface area contributed by atoms with Crippen molar-refractivity contribution in [1.29, 1.82) is 0 Å². The van der Waals surface area contributed by atoms with Crippen molar-refractivity contribution in [2.75, 3.05) is 13.2 Å². The van der Waals surface area contributed by atoms with Gasteiger partial charge in [-0.2, -0.15) is 0 Å². The van der Waals surface area contributed by atoms with Gasteiger partial charge in [0.2, 0.25) is 0 Å². The van der Waals surface area contributed by atoms with E-state index < -0.39 is 0 Å². The summed E-state index contributed by atoms with van der Waals surface area (Å²) in [6, 6.07) is 11.1. The molecule has 1 amide bonds. The third-order valence-electron chi connectivity index (χ3n) is 4.77. The molecule has 1 atom stereocenters. The van der Waals surface area contributed by atoms with E-state index in [2.05, 4.69) is 0 Å². The number of aromatic hydroxyl groups is 1. The minimum atomic E-state index is -0.130. The van der Waals surface area contributed by atoms with Crippen molar-refractivity contribution in [3.63, 3.8) is 0 Å². The second kappa shape index (κ2) is 8.49. The quantitative estimate of drug-likeness (QED) is 0.793. The zero-order valence-electron chi connectivity index (χ0n) is 14.8. The lowest BCUT2D eigenvalue weighted by atomic mass is 10.0. The Morgan fingerprint density at radius 3 is 2.59 bits per heavy atom. The lowest BCUT2D eigenvalue weighted by Gasteiger charge is -2.35. The summed E-state index contributed by atoms with van der Waals surface area (Å²) >= 11 is 0. The van der Waals surface area contributed by atoms with Gasteiger partial charge >= 0.3 is 0 Å². The molecule has 1 aliphatic heterocycles. The standard InChI is InChI=1S/C21H21NO5/c23-12-15-7-9-16(10-8-15)21(26)22-11-2-1-4-17(22)14-27-20-6-3-5-19(25)18(20)13-24/h3,5-10,12-13,17,25H,1-2,4,11,14H2. The zero-order valence-corrected chi connectivity index (χ0v) is 14.8. The first-order chi connectivity index (χ1) is 13.1. The number of nitrogens with zero attached hydrogens (tertiary/aromatic N) is 1. The van der Waals surface area contributed by atoms with Crippen LogP contribution in [0.25, 0.3) is 0 Å². The van der Waals surface area contributed by atoms with Crippen molar-refractivity contribution >= 4 is 18.5 Å². The molecule has 27 heavy (non-hydrogen) atoms. The van der Waals surface area contributed by atoms with Crippen LogP contribution in [0.2, 0.25) is 0 Å². The Hall–Kier alpha value is -3.15. The smallest absolute Gasteiger partial charge is 0.254 e. The number of piperidine rings is 1. The summed E-state index contributed by atoms with van der Waals surface area (Å²) in [4.78, 5) is 36.6. The van der Waals surface area contributed by atoms with Crippen molar-refractivity contribution in [3.05, 3.63) is 59.2 Å². The summed E-state index contributed by atoms with van der Waals surface area (Å²) in [5, 5.41) is 9.76. The monoisotopic (exact) mass is 367 g/mol. The van der Waals surface area contributed by atoms with E-state index in [0.717, 1.165) is 25.5 Å². The molecule has 0 saturated carbocycles. The summed E-state index contributed by atoms with van der Waals surface area (Å²) in [6.45, 7) is 0.866. The predicted molar refractivity (Wildman–Crippen MR) is 99.5 cm³/mol. The van der Waals surface area contributed by atoms with Gasteiger partial charge in [0.25, 0.3) is 5.91 Å². The SMILES string of the molecule is O=Cc1ccc(C(=O)N2CCCCC2COc2cccc(O)c2C=O)cc1. The summed E-state index contributed by atoms with van der Waals surface area (Å²) in [7, 11) is 0. The first-order valence-electron chi connectivity index (χ1n) is 8.90. The molecular formula is C21H21NO5. The maximum atomic E-state index is 12.9. The number of rotatable bonds is 6. The highest BCUT2D eigenvalue weighted by atomic mass is 16.5. The molecule has 1 aliphatic rings. The van der Waals surface area contributed by atoms with Gasteiger partial charge in [-0.25, -0.2) is 0 Å². The third-order valence-corrected chi connectivity index (χ3v) is 4.77. The van der Waals surface area contributed by atoms with E-state index in [-0.39, 0.29) is 29.9 Å². The fourth-order valence-electron chi connectivity index (χ4n) is 3.27. The molecule has 1 N–H and O–H groups in total. The maximum Gasteiger partial charge on any atom is 0.254 e. The maximum absolute atomic E-state index is 12.9. The van der Waals surface area contributed by atoms with Gasteiger partial charge in [-0.05, 0) is 43.5 Å². The van der Waals surface area contributed by atoms with Crippen LogP contribution in [0.1, 0.15) is 50.3 Å². The molecule has 2 aromatic carbocycles. The molecule has 0 aromatic heterocycles. The van der Waals surface area contributed by atoms with Crippen LogP contribution in [0.15, 0.2) is 42.5 Å². The molecule has 1 fully saturated rings. The Labute approximate surface area is 157 Å². The molecule has 0 aliphatic carbocycles. The van der Waals surface area contributed by atoms with Gasteiger partial charge in [0, 0.05) is 17.7 Å². The van der Waals surface area contributed by atoms with Gasteiger partial charge in [-0.1, -0.05) is 18.2 Å². The number of aldehydes is 2. The Balaban J connectivity index is 1.73. The molecular weight excluding hydrogens is 346 g/mol. The highest BCUT2D eigenvalue weighted by Gasteiger charge is 2.28. The highest BCUT2D eigenvalue weighted by molar-refractivity contribution is 5.95. The van der Waals surface area contributed by atoms with E-state index in [1.54, 1.807) is 41.3 Å². The number of hydrogen-bond donors (Lipinski definition) is 1. The lowest BCUT2D eigenvalue weighted by molar-refractivity contribution is 0.0526. The molecule has 1 unspecified atom stereocenters. The number of hydrogen-bond acceptors (Lipinski definition) is 5. The van der Waals surface area contributed by atoms with Crippen LogP contribution in [0.3, 0.4) is 0 Å². The molecule has 1 heterocycles. The topological polar surface area (TPSA) is 83.9 Å². The average Bonchev–Trinajstić information content (AvgIpc) is 2.72. The zero-order chi connectivity index (χ0) is 19.2. The van der Waals surface area contributed by atoms with E-state index >= 15 is 0 Å². The number of ether oxygens (including phenoxy) is 1. The molecule has 0 radical (unpaired) electrons. The molecule has 6 heteroatoms. The van der Waals surface area contributed by atoms with Crippen LogP contribution in [0.4, 0.5) is 0 Å². The summed E-state index contributed by atoms with van der Waals surface area (Å²) in [5.74, 6) is 0.0694. The van der Waals surface area contributed by atoms with Crippen LogP contribution in [-0.2, 0) is 0 Å². The normalized spacial score (nSPS) is 16.6. The van der Waals surface area contributed by atoms with Gasteiger partial charge in [0.15, 0.2) is 6.29 Å².